The number of aliphatic hydroxyl groups excluding tert-OH is 1. The molecule has 2 N–H and O–H groups in total. The third-order valence-corrected chi connectivity index (χ3v) is 3.92. The monoisotopic (exact) mass is 245 g/mol. The van der Waals surface area contributed by atoms with Gasteiger partial charge >= 0.3 is 0 Å². The third-order valence-electron chi connectivity index (χ3n) is 3.92. The van der Waals surface area contributed by atoms with Crippen LogP contribution in [0.2, 0.25) is 0 Å². The first-order chi connectivity index (χ1) is 8.88. The Morgan fingerprint density at radius 2 is 2.17 bits per heavy atom. The van der Waals surface area contributed by atoms with Crippen molar-refractivity contribution in [3.8, 4) is 0 Å². The number of imidazole rings is 1. The fraction of sp³-hybridized carbons (Fsp3) is 0.500. The molecule has 0 unspecified atom stereocenters. The molecule has 96 valence electrons. The van der Waals surface area contributed by atoms with Crippen molar-refractivity contribution in [1.82, 2.24) is 14.9 Å². The highest BCUT2D eigenvalue weighted by molar-refractivity contribution is 5.78. The Kier molecular flexibility index (Phi) is 3.30. The van der Waals surface area contributed by atoms with Gasteiger partial charge in [0, 0.05) is 6.54 Å². The summed E-state index contributed by atoms with van der Waals surface area (Å²) in [6, 6.07) is 6.39. The van der Waals surface area contributed by atoms with Crippen LogP contribution in [-0.4, -0.2) is 46.2 Å². The molecule has 2 aromatic rings. The van der Waals surface area contributed by atoms with Crippen molar-refractivity contribution >= 4 is 11.0 Å². The maximum Gasteiger partial charge on any atom is 0.0931 e. The molecule has 18 heavy (non-hydrogen) atoms. The van der Waals surface area contributed by atoms with E-state index in [-0.39, 0.29) is 6.61 Å². The van der Waals surface area contributed by atoms with E-state index in [0.717, 1.165) is 43.5 Å². The third kappa shape index (κ3) is 2.13. The summed E-state index contributed by atoms with van der Waals surface area (Å²) < 4.78 is 0. The standard InChI is InChI=1S/C14H19N3O/c18-9-8-17-6-4-11(5-7-17)12-2-1-3-13-14(12)16-10-15-13/h1-3,10-11,18H,4-9H2,(H,15,16). The number of nitrogens with zero attached hydrogens (tertiary/aromatic N) is 2. The van der Waals surface area contributed by atoms with E-state index in [9.17, 15) is 0 Å². The fourth-order valence-corrected chi connectivity index (χ4v) is 2.93. The van der Waals surface area contributed by atoms with Gasteiger partial charge in [0.1, 0.15) is 0 Å². The summed E-state index contributed by atoms with van der Waals surface area (Å²) in [7, 11) is 0. The van der Waals surface area contributed by atoms with Crippen molar-refractivity contribution in [2.24, 2.45) is 0 Å². The SMILES string of the molecule is OCCN1CCC(c2cccc3[nH]cnc23)CC1. The molecule has 0 saturated carbocycles. The van der Waals surface area contributed by atoms with Crippen LogP contribution in [0.4, 0.5) is 0 Å². The number of fused-ring (bicyclic) bond motifs is 1. The topological polar surface area (TPSA) is 52.1 Å². The largest absolute Gasteiger partial charge is 0.395 e. The first-order valence-electron chi connectivity index (χ1n) is 6.63. The summed E-state index contributed by atoms with van der Waals surface area (Å²) in [6.07, 6.45) is 4.09. The van der Waals surface area contributed by atoms with E-state index in [1.807, 2.05) is 0 Å². The second-order valence-electron chi connectivity index (χ2n) is 4.99. The predicted octanol–water partition coefficient (Wildman–Crippen LogP) is 1.73. The minimum Gasteiger partial charge on any atom is -0.395 e. The quantitative estimate of drug-likeness (QED) is 0.866. The predicted molar refractivity (Wildman–Crippen MR) is 71.6 cm³/mol. The number of nitrogens with one attached hydrogen (secondary N) is 1. The number of benzene rings is 1. The highest BCUT2D eigenvalue weighted by Gasteiger charge is 2.22. The minimum atomic E-state index is 0.264. The summed E-state index contributed by atoms with van der Waals surface area (Å²) in [4.78, 5) is 9.95. The highest BCUT2D eigenvalue weighted by atomic mass is 16.3. The number of β-amino-alcohol motifs (C(OH)–C–C–N with tert-alkyl or cyclic N) is 1. The van der Waals surface area contributed by atoms with Crippen LogP contribution in [0.5, 0.6) is 0 Å². The number of piperidine rings is 1. The van der Waals surface area contributed by atoms with Crippen LogP contribution in [0, 0.1) is 0 Å². The van der Waals surface area contributed by atoms with Gasteiger partial charge in [0.2, 0.25) is 0 Å². The summed E-state index contributed by atoms with van der Waals surface area (Å²) in [5.74, 6) is 0.604. The Balaban J connectivity index is 1.78. The number of para-hydroxylation sites is 1. The van der Waals surface area contributed by atoms with E-state index in [1.54, 1.807) is 6.33 Å². The Bertz CT molecular complexity index is 514. The molecular formula is C14H19N3O. The maximum atomic E-state index is 8.96. The Hall–Kier alpha value is -1.39. The molecule has 1 fully saturated rings. The van der Waals surface area contributed by atoms with Gasteiger partial charge in [-0.2, -0.15) is 0 Å². The molecule has 0 atom stereocenters. The van der Waals surface area contributed by atoms with Crippen LogP contribution in [-0.2, 0) is 0 Å². The summed E-state index contributed by atoms with van der Waals surface area (Å²) in [5.41, 5.74) is 3.63. The number of hydrogen-bond donors (Lipinski definition) is 2. The molecule has 1 aliphatic heterocycles. The van der Waals surface area contributed by atoms with Gasteiger partial charge in [0.25, 0.3) is 0 Å². The average Bonchev–Trinajstić information content (AvgIpc) is 2.88. The van der Waals surface area contributed by atoms with Crippen LogP contribution in [0.1, 0.15) is 24.3 Å². The smallest absolute Gasteiger partial charge is 0.0931 e. The second kappa shape index (κ2) is 5.08. The molecule has 3 rings (SSSR count). The fourth-order valence-electron chi connectivity index (χ4n) is 2.93. The number of aromatic amines is 1. The number of likely N-dealkylation sites (tertiary alicyclic amines) is 1. The van der Waals surface area contributed by atoms with Gasteiger partial charge in [-0.05, 0) is 43.5 Å². The van der Waals surface area contributed by atoms with Gasteiger partial charge in [0.15, 0.2) is 0 Å². The maximum absolute atomic E-state index is 8.96. The first kappa shape index (κ1) is 11.7. The molecular weight excluding hydrogens is 226 g/mol. The molecule has 1 aliphatic rings. The van der Waals surface area contributed by atoms with E-state index in [1.165, 1.54) is 5.56 Å². The van der Waals surface area contributed by atoms with Crippen molar-refractivity contribution in [2.75, 3.05) is 26.2 Å². The first-order valence-corrected chi connectivity index (χ1v) is 6.63. The molecule has 0 spiro atoms. The van der Waals surface area contributed by atoms with Crippen molar-refractivity contribution in [2.45, 2.75) is 18.8 Å². The van der Waals surface area contributed by atoms with Gasteiger partial charge in [-0.3, -0.25) is 0 Å². The summed E-state index contributed by atoms with van der Waals surface area (Å²) in [6.45, 7) is 3.22. The van der Waals surface area contributed by atoms with Crippen LogP contribution in [0.3, 0.4) is 0 Å². The molecule has 2 heterocycles. The van der Waals surface area contributed by atoms with Crippen LogP contribution >= 0.6 is 0 Å². The lowest BCUT2D eigenvalue weighted by Gasteiger charge is -2.31. The van der Waals surface area contributed by atoms with E-state index in [0.29, 0.717) is 5.92 Å². The minimum absolute atomic E-state index is 0.264. The molecule has 0 aliphatic carbocycles. The number of aromatic nitrogens is 2. The molecule has 4 heteroatoms. The zero-order valence-electron chi connectivity index (χ0n) is 10.5. The van der Waals surface area contributed by atoms with Crippen LogP contribution < -0.4 is 0 Å². The number of H-pyrrole nitrogens is 1. The molecule has 0 radical (unpaired) electrons. The van der Waals surface area contributed by atoms with Gasteiger partial charge in [0.05, 0.1) is 24.0 Å². The lowest BCUT2D eigenvalue weighted by molar-refractivity contribution is 0.164. The van der Waals surface area contributed by atoms with Crippen molar-refractivity contribution < 1.29 is 5.11 Å². The van der Waals surface area contributed by atoms with Crippen molar-refractivity contribution in [3.05, 3.63) is 30.1 Å². The van der Waals surface area contributed by atoms with E-state index in [2.05, 4.69) is 33.1 Å². The summed E-state index contributed by atoms with van der Waals surface area (Å²) in [5, 5.41) is 8.96. The lowest BCUT2D eigenvalue weighted by atomic mass is 9.88. The zero-order chi connectivity index (χ0) is 12.4. The second-order valence-corrected chi connectivity index (χ2v) is 4.99. The Morgan fingerprint density at radius 3 is 2.94 bits per heavy atom. The molecule has 0 amide bonds. The number of aliphatic hydroxyl groups is 1. The summed E-state index contributed by atoms with van der Waals surface area (Å²) >= 11 is 0. The van der Waals surface area contributed by atoms with E-state index in [4.69, 9.17) is 5.11 Å². The van der Waals surface area contributed by atoms with E-state index < -0.39 is 0 Å². The highest BCUT2D eigenvalue weighted by Crippen LogP contribution is 2.31. The van der Waals surface area contributed by atoms with Crippen molar-refractivity contribution in [3.63, 3.8) is 0 Å². The number of rotatable bonds is 3. The molecule has 0 bridgehead atoms. The normalized spacial score (nSPS) is 18.5. The molecule has 1 aromatic heterocycles. The van der Waals surface area contributed by atoms with Gasteiger partial charge in [-0.15, -0.1) is 0 Å². The lowest BCUT2D eigenvalue weighted by Crippen LogP contribution is -2.34. The Morgan fingerprint density at radius 1 is 1.33 bits per heavy atom. The average molecular weight is 245 g/mol. The van der Waals surface area contributed by atoms with E-state index >= 15 is 0 Å². The van der Waals surface area contributed by atoms with Gasteiger partial charge in [-0.25, -0.2) is 4.98 Å². The van der Waals surface area contributed by atoms with Crippen LogP contribution in [0.15, 0.2) is 24.5 Å². The molecule has 1 saturated heterocycles. The molecule has 4 nitrogen and oxygen atoms in total. The van der Waals surface area contributed by atoms with Gasteiger partial charge in [-0.1, -0.05) is 12.1 Å². The molecule has 1 aromatic carbocycles. The zero-order valence-corrected chi connectivity index (χ0v) is 10.5. The number of hydrogen-bond acceptors (Lipinski definition) is 3. The Labute approximate surface area is 107 Å². The van der Waals surface area contributed by atoms with Crippen molar-refractivity contribution in [1.29, 1.82) is 0 Å². The van der Waals surface area contributed by atoms with Crippen LogP contribution in [0.25, 0.3) is 11.0 Å². The van der Waals surface area contributed by atoms with Gasteiger partial charge < -0.3 is 15.0 Å².